The summed E-state index contributed by atoms with van der Waals surface area (Å²) in [6.07, 6.45) is 0. The van der Waals surface area contributed by atoms with Crippen LogP contribution < -0.4 is 0 Å². The van der Waals surface area contributed by atoms with Crippen LogP contribution in [0.1, 0.15) is 11.5 Å². The van der Waals surface area contributed by atoms with E-state index in [1.54, 1.807) is 0 Å². The molecular formula is C9H9BrO. The molecule has 1 aliphatic rings. The third kappa shape index (κ3) is 1.33. The second-order valence-electron chi connectivity index (χ2n) is 2.76. The highest BCUT2D eigenvalue weighted by Gasteiger charge is 2.21. The van der Waals surface area contributed by atoms with Gasteiger partial charge in [-0.05, 0) is 11.6 Å². The van der Waals surface area contributed by atoms with E-state index in [-0.39, 0.29) is 0 Å². The summed E-state index contributed by atoms with van der Waals surface area (Å²) in [7, 11) is 0. The van der Waals surface area contributed by atoms with E-state index >= 15 is 0 Å². The molecule has 58 valence electrons. The van der Waals surface area contributed by atoms with Gasteiger partial charge in [0.05, 0.1) is 13.2 Å². The number of ether oxygens (including phenoxy) is 1. The highest BCUT2D eigenvalue weighted by atomic mass is 79.9. The third-order valence-electron chi connectivity index (χ3n) is 1.98. The van der Waals surface area contributed by atoms with Crippen LogP contribution in [0.25, 0.3) is 0 Å². The van der Waals surface area contributed by atoms with Crippen LogP contribution in [0.15, 0.2) is 28.7 Å². The first kappa shape index (κ1) is 7.32. The van der Waals surface area contributed by atoms with Gasteiger partial charge in [-0.2, -0.15) is 0 Å². The van der Waals surface area contributed by atoms with E-state index in [4.69, 9.17) is 4.74 Å². The van der Waals surface area contributed by atoms with Crippen molar-refractivity contribution in [2.24, 2.45) is 0 Å². The molecule has 1 saturated heterocycles. The molecular weight excluding hydrogens is 204 g/mol. The Morgan fingerprint density at radius 1 is 1.27 bits per heavy atom. The molecule has 1 heterocycles. The van der Waals surface area contributed by atoms with Crippen molar-refractivity contribution in [3.8, 4) is 0 Å². The number of halogens is 1. The molecule has 1 fully saturated rings. The van der Waals surface area contributed by atoms with Gasteiger partial charge in [-0.15, -0.1) is 0 Å². The van der Waals surface area contributed by atoms with Crippen LogP contribution in [0.3, 0.4) is 0 Å². The van der Waals surface area contributed by atoms with Gasteiger partial charge in [0.15, 0.2) is 0 Å². The molecule has 0 saturated carbocycles. The average Bonchev–Trinajstić information content (AvgIpc) is 1.90. The molecule has 0 aromatic heterocycles. The molecule has 0 bridgehead atoms. The quantitative estimate of drug-likeness (QED) is 0.696. The molecule has 0 aliphatic carbocycles. The maximum atomic E-state index is 5.12. The SMILES string of the molecule is Brc1ccccc1C1COC1. The minimum atomic E-state index is 0.616. The van der Waals surface area contributed by atoms with Crippen molar-refractivity contribution < 1.29 is 4.74 Å². The predicted octanol–water partition coefficient (Wildman–Crippen LogP) is 2.56. The molecule has 11 heavy (non-hydrogen) atoms. The molecule has 0 atom stereocenters. The Labute approximate surface area is 74.5 Å². The summed E-state index contributed by atoms with van der Waals surface area (Å²) in [6.45, 7) is 1.76. The van der Waals surface area contributed by atoms with E-state index in [2.05, 4.69) is 34.1 Å². The Kier molecular flexibility index (Phi) is 1.96. The Balaban J connectivity index is 2.28. The largest absolute Gasteiger partial charge is 0.380 e. The topological polar surface area (TPSA) is 9.23 Å². The van der Waals surface area contributed by atoms with E-state index in [0.717, 1.165) is 13.2 Å². The van der Waals surface area contributed by atoms with Crippen LogP contribution in [0, 0.1) is 0 Å². The lowest BCUT2D eigenvalue weighted by molar-refractivity contribution is 0.00814. The van der Waals surface area contributed by atoms with Crippen LogP contribution in [0.5, 0.6) is 0 Å². The third-order valence-corrected chi connectivity index (χ3v) is 2.71. The van der Waals surface area contributed by atoms with Crippen LogP contribution in [-0.4, -0.2) is 13.2 Å². The van der Waals surface area contributed by atoms with Crippen molar-refractivity contribution in [1.82, 2.24) is 0 Å². The standard InChI is InChI=1S/C9H9BrO/c10-9-4-2-1-3-8(9)7-5-11-6-7/h1-4,7H,5-6H2. The summed E-state index contributed by atoms with van der Waals surface area (Å²) < 4.78 is 6.33. The fraction of sp³-hybridized carbons (Fsp3) is 0.333. The summed E-state index contributed by atoms with van der Waals surface area (Å²) in [4.78, 5) is 0. The Morgan fingerprint density at radius 2 is 2.00 bits per heavy atom. The Morgan fingerprint density at radius 3 is 2.55 bits per heavy atom. The first-order valence-corrected chi connectivity index (χ1v) is 4.49. The highest BCUT2D eigenvalue weighted by molar-refractivity contribution is 9.10. The van der Waals surface area contributed by atoms with E-state index in [1.165, 1.54) is 10.0 Å². The van der Waals surface area contributed by atoms with Gasteiger partial charge in [-0.25, -0.2) is 0 Å². The van der Waals surface area contributed by atoms with Crippen LogP contribution >= 0.6 is 15.9 Å². The number of hydrogen-bond acceptors (Lipinski definition) is 1. The summed E-state index contributed by atoms with van der Waals surface area (Å²) in [6, 6.07) is 8.33. The fourth-order valence-corrected chi connectivity index (χ4v) is 1.83. The van der Waals surface area contributed by atoms with Gasteiger partial charge in [0, 0.05) is 10.4 Å². The fourth-order valence-electron chi connectivity index (χ4n) is 1.22. The van der Waals surface area contributed by atoms with Gasteiger partial charge in [0.1, 0.15) is 0 Å². The summed E-state index contributed by atoms with van der Waals surface area (Å²) in [5.74, 6) is 0.616. The first-order valence-electron chi connectivity index (χ1n) is 3.70. The first-order chi connectivity index (χ1) is 5.38. The molecule has 1 aromatic rings. The summed E-state index contributed by atoms with van der Waals surface area (Å²) >= 11 is 3.52. The Hall–Kier alpha value is -0.340. The minimum Gasteiger partial charge on any atom is -0.380 e. The molecule has 1 aliphatic heterocycles. The molecule has 0 spiro atoms. The molecule has 0 radical (unpaired) electrons. The van der Waals surface area contributed by atoms with Crippen molar-refractivity contribution in [3.05, 3.63) is 34.3 Å². The average molecular weight is 213 g/mol. The van der Waals surface area contributed by atoms with Crippen LogP contribution in [0.4, 0.5) is 0 Å². The molecule has 1 aromatic carbocycles. The van der Waals surface area contributed by atoms with E-state index in [9.17, 15) is 0 Å². The molecule has 2 heteroatoms. The summed E-state index contributed by atoms with van der Waals surface area (Å²) in [5.41, 5.74) is 1.37. The van der Waals surface area contributed by atoms with Gasteiger partial charge < -0.3 is 4.74 Å². The summed E-state index contributed by atoms with van der Waals surface area (Å²) in [5, 5.41) is 0. The van der Waals surface area contributed by atoms with Gasteiger partial charge in [-0.1, -0.05) is 34.1 Å². The van der Waals surface area contributed by atoms with Crippen molar-refractivity contribution in [3.63, 3.8) is 0 Å². The number of benzene rings is 1. The maximum Gasteiger partial charge on any atom is 0.0557 e. The normalized spacial score (nSPS) is 17.9. The lowest BCUT2D eigenvalue weighted by atomic mass is 9.98. The van der Waals surface area contributed by atoms with Gasteiger partial charge in [0.25, 0.3) is 0 Å². The van der Waals surface area contributed by atoms with E-state index in [0.29, 0.717) is 5.92 Å². The molecule has 1 nitrogen and oxygen atoms in total. The van der Waals surface area contributed by atoms with Gasteiger partial charge in [-0.3, -0.25) is 0 Å². The molecule has 0 N–H and O–H groups in total. The smallest absolute Gasteiger partial charge is 0.0557 e. The van der Waals surface area contributed by atoms with Crippen LogP contribution in [-0.2, 0) is 4.74 Å². The number of rotatable bonds is 1. The number of hydrogen-bond donors (Lipinski definition) is 0. The lowest BCUT2D eigenvalue weighted by Crippen LogP contribution is -2.25. The van der Waals surface area contributed by atoms with E-state index < -0.39 is 0 Å². The van der Waals surface area contributed by atoms with Gasteiger partial charge >= 0.3 is 0 Å². The zero-order chi connectivity index (χ0) is 7.68. The molecule has 0 unspecified atom stereocenters. The highest BCUT2D eigenvalue weighted by Crippen LogP contribution is 2.29. The monoisotopic (exact) mass is 212 g/mol. The van der Waals surface area contributed by atoms with E-state index in [1.807, 2.05) is 6.07 Å². The van der Waals surface area contributed by atoms with Crippen LogP contribution in [0.2, 0.25) is 0 Å². The molecule has 0 amide bonds. The van der Waals surface area contributed by atoms with Crippen molar-refractivity contribution >= 4 is 15.9 Å². The lowest BCUT2D eigenvalue weighted by Gasteiger charge is -2.27. The zero-order valence-electron chi connectivity index (χ0n) is 6.09. The van der Waals surface area contributed by atoms with Crippen molar-refractivity contribution in [2.45, 2.75) is 5.92 Å². The van der Waals surface area contributed by atoms with Gasteiger partial charge in [0.2, 0.25) is 0 Å². The van der Waals surface area contributed by atoms with Crippen molar-refractivity contribution in [2.75, 3.05) is 13.2 Å². The second kappa shape index (κ2) is 2.95. The minimum absolute atomic E-state index is 0.616. The zero-order valence-corrected chi connectivity index (χ0v) is 7.67. The molecule has 2 rings (SSSR count). The maximum absolute atomic E-state index is 5.12. The Bertz CT molecular complexity index is 255. The predicted molar refractivity (Wildman–Crippen MR) is 47.7 cm³/mol. The van der Waals surface area contributed by atoms with Crippen molar-refractivity contribution in [1.29, 1.82) is 0 Å². The second-order valence-corrected chi connectivity index (χ2v) is 3.61.